The molecule has 90 valence electrons. The van der Waals surface area contributed by atoms with Gasteiger partial charge in [0.1, 0.15) is 0 Å². The van der Waals surface area contributed by atoms with Crippen molar-refractivity contribution in [1.82, 2.24) is 4.57 Å². The van der Waals surface area contributed by atoms with Crippen molar-refractivity contribution in [2.24, 2.45) is 0 Å². The SMILES string of the molecule is CC/C=C(\C)n1c2ccccc2c2ccccc21. The van der Waals surface area contributed by atoms with Gasteiger partial charge in [0.2, 0.25) is 0 Å². The molecule has 1 aromatic heterocycles. The zero-order chi connectivity index (χ0) is 12.5. The summed E-state index contributed by atoms with van der Waals surface area (Å²) in [7, 11) is 0. The third-order valence-electron chi connectivity index (χ3n) is 3.43. The highest BCUT2D eigenvalue weighted by atomic mass is 15.0. The summed E-state index contributed by atoms with van der Waals surface area (Å²) in [5, 5.41) is 2.66. The Labute approximate surface area is 107 Å². The van der Waals surface area contributed by atoms with Gasteiger partial charge in [-0.1, -0.05) is 49.4 Å². The average Bonchev–Trinajstić information content (AvgIpc) is 2.73. The second-order valence-electron chi connectivity index (χ2n) is 4.62. The Morgan fingerprint density at radius 3 is 1.94 bits per heavy atom. The summed E-state index contributed by atoms with van der Waals surface area (Å²) in [6.07, 6.45) is 3.34. The molecule has 1 nitrogen and oxygen atoms in total. The highest BCUT2D eigenvalue weighted by Crippen LogP contribution is 2.31. The maximum atomic E-state index is 2.36. The van der Waals surface area contributed by atoms with Crippen molar-refractivity contribution in [3.63, 3.8) is 0 Å². The molecule has 0 saturated carbocycles. The van der Waals surface area contributed by atoms with Gasteiger partial charge in [0.05, 0.1) is 11.0 Å². The minimum Gasteiger partial charge on any atom is -0.314 e. The lowest BCUT2D eigenvalue weighted by atomic mass is 10.2. The molecular formula is C17H17N. The van der Waals surface area contributed by atoms with E-state index in [1.54, 1.807) is 0 Å². The van der Waals surface area contributed by atoms with Crippen LogP contribution in [-0.4, -0.2) is 4.57 Å². The molecule has 0 atom stereocenters. The van der Waals surface area contributed by atoms with E-state index in [0.717, 1.165) is 6.42 Å². The number of aromatic nitrogens is 1. The van der Waals surface area contributed by atoms with Crippen LogP contribution in [-0.2, 0) is 0 Å². The molecule has 0 aliphatic carbocycles. The summed E-state index contributed by atoms with van der Waals surface area (Å²) < 4.78 is 2.36. The Hall–Kier alpha value is -2.02. The van der Waals surface area contributed by atoms with Gasteiger partial charge in [-0.05, 0) is 25.5 Å². The van der Waals surface area contributed by atoms with E-state index in [1.165, 1.54) is 27.5 Å². The van der Waals surface area contributed by atoms with E-state index in [4.69, 9.17) is 0 Å². The number of nitrogens with zero attached hydrogens (tertiary/aromatic N) is 1. The summed E-state index contributed by atoms with van der Waals surface area (Å²) in [6.45, 7) is 4.36. The molecule has 1 heterocycles. The number of hydrogen-bond donors (Lipinski definition) is 0. The molecule has 0 aliphatic heterocycles. The van der Waals surface area contributed by atoms with Crippen LogP contribution in [0.5, 0.6) is 0 Å². The molecule has 0 saturated heterocycles. The molecule has 1 heteroatoms. The minimum atomic E-state index is 1.06. The molecule has 0 bridgehead atoms. The monoisotopic (exact) mass is 235 g/mol. The van der Waals surface area contributed by atoms with Crippen molar-refractivity contribution in [3.8, 4) is 0 Å². The van der Waals surface area contributed by atoms with Crippen LogP contribution in [0.15, 0.2) is 54.6 Å². The number of allylic oxidation sites excluding steroid dienone is 2. The molecule has 0 N–H and O–H groups in total. The Morgan fingerprint density at radius 1 is 0.944 bits per heavy atom. The highest BCUT2D eigenvalue weighted by Gasteiger charge is 2.09. The van der Waals surface area contributed by atoms with Gasteiger partial charge < -0.3 is 4.57 Å². The topological polar surface area (TPSA) is 4.93 Å². The van der Waals surface area contributed by atoms with Crippen LogP contribution in [0.2, 0.25) is 0 Å². The van der Waals surface area contributed by atoms with Crippen LogP contribution in [0.1, 0.15) is 20.3 Å². The number of fused-ring (bicyclic) bond motifs is 3. The van der Waals surface area contributed by atoms with E-state index < -0.39 is 0 Å². The van der Waals surface area contributed by atoms with Gasteiger partial charge in [-0.15, -0.1) is 0 Å². The lowest BCUT2D eigenvalue weighted by Gasteiger charge is -2.07. The molecule has 0 fully saturated rings. The van der Waals surface area contributed by atoms with Crippen molar-refractivity contribution < 1.29 is 0 Å². The second kappa shape index (κ2) is 4.34. The molecule has 0 spiro atoms. The molecule has 3 aromatic rings. The molecule has 18 heavy (non-hydrogen) atoms. The fourth-order valence-corrected chi connectivity index (χ4v) is 2.69. The lowest BCUT2D eigenvalue weighted by Crippen LogP contribution is -1.92. The third kappa shape index (κ3) is 1.55. The molecule has 0 unspecified atom stereocenters. The average molecular weight is 235 g/mol. The molecule has 2 aromatic carbocycles. The number of benzene rings is 2. The Kier molecular flexibility index (Phi) is 2.67. The van der Waals surface area contributed by atoms with Crippen LogP contribution in [0, 0.1) is 0 Å². The predicted octanol–water partition coefficient (Wildman–Crippen LogP) is 5.07. The Bertz CT molecular complexity index is 678. The van der Waals surface area contributed by atoms with E-state index in [2.05, 4.69) is 73.0 Å². The van der Waals surface area contributed by atoms with E-state index in [9.17, 15) is 0 Å². The van der Waals surface area contributed by atoms with Crippen molar-refractivity contribution >= 4 is 27.5 Å². The molecule has 0 amide bonds. The van der Waals surface area contributed by atoms with E-state index in [1.807, 2.05) is 0 Å². The molecule has 0 aliphatic rings. The summed E-state index contributed by atoms with van der Waals surface area (Å²) in [6, 6.07) is 17.2. The van der Waals surface area contributed by atoms with Crippen LogP contribution < -0.4 is 0 Å². The van der Waals surface area contributed by atoms with Crippen molar-refractivity contribution in [3.05, 3.63) is 54.6 Å². The lowest BCUT2D eigenvalue weighted by molar-refractivity contribution is 1.14. The second-order valence-corrected chi connectivity index (χ2v) is 4.62. The Balaban J connectivity index is 2.49. The summed E-state index contributed by atoms with van der Waals surface area (Å²) >= 11 is 0. The van der Waals surface area contributed by atoms with Gasteiger partial charge in [0.15, 0.2) is 0 Å². The summed E-state index contributed by atoms with van der Waals surface area (Å²) in [5.74, 6) is 0. The van der Waals surface area contributed by atoms with Gasteiger partial charge in [-0.25, -0.2) is 0 Å². The van der Waals surface area contributed by atoms with Crippen LogP contribution >= 0.6 is 0 Å². The highest BCUT2D eigenvalue weighted by molar-refractivity contribution is 6.09. The van der Waals surface area contributed by atoms with Crippen LogP contribution in [0.25, 0.3) is 27.5 Å². The van der Waals surface area contributed by atoms with Gasteiger partial charge in [0, 0.05) is 16.5 Å². The predicted molar refractivity (Wildman–Crippen MR) is 79.7 cm³/mol. The fraction of sp³-hybridized carbons (Fsp3) is 0.176. The zero-order valence-electron chi connectivity index (χ0n) is 10.9. The number of para-hydroxylation sites is 2. The molecule has 0 radical (unpaired) electrons. The van der Waals surface area contributed by atoms with Crippen molar-refractivity contribution in [2.75, 3.05) is 0 Å². The number of rotatable bonds is 2. The fourth-order valence-electron chi connectivity index (χ4n) is 2.69. The Morgan fingerprint density at radius 2 is 1.44 bits per heavy atom. The van der Waals surface area contributed by atoms with Gasteiger partial charge in [-0.3, -0.25) is 0 Å². The van der Waals surface area contributed by atoms with Crippen molar-refractivity contribution in [2.45, 2.75) is 20.3 Å². The van der Waals surface area contributed by atoms with Gasteiger partial charge >= 0.3 is 0 Å². The van der Waals surface area contributed by atoms with Gasteiger partial charge in [0.25, 0.3) is 0 Å². The first-order valence-electron chi connectivity index (χ1n) is 6.48. The summed E-state index contributed by atoms with van der Waals surface area (Å²) in [5.41, 5.74) is 3.89. The minimum absolute atomic E-state index is 1.06. The molecular weight excluding hydrogens is 218 g/mol. The first-order chi connectivity index (χ1) is 8.83. The summed E-state index contributed by atoms with van der Waals surface area (Å²) in [4.78, 5) is 0. The maximum Gasteiger partial charge on any atom is 0.0537 e. The largest absolute Gasteiger partial charge is 0.314 e. The van der Waals surface area contributed by atoms with Crippen LogP contribution in [0.4, 0.5) is 0 Å². The van der Waals surface area contributed by atoms with Gasteiger partial charge in [-0.2, -0.15) is 0 Å². The standard InChI is InChI=1S/C17H17N/c1-3-8-13(2)18-16-11-6-4-9-14(16)15-10-5-7-12-17(15)18/h4-12H,3H2,1-2H3/b13-8+. The normalized spacial score (nSPS) is 12.4. The van der Waals surface area contributed by atoms with Crippen molar-refractivity contribution in [1.29, 1.82) is 0 Å². The van der Waals surface area contributed by atoms with E-state index in [-0.39, 0.29) is 0 Å². The van der Waals surface area contributed by atoms with Crippen LogP contribution in [0.3, 0.4) is 0 Å². The zero-order valence-corrected chi connectivity index (χ0v) is 10.9. The number of hydrogen-bond acceptors (Lipinski definition) is 0. The van der Waals surface area contributed by atoms with E-state index in [0.29, 0.717) is 0 Å². The third-order valence-corrected chi connectivity index (χ3v) is 3.43. The van der Waals surface area contributed by atoms with E-state index >= 15 is 0 Å². The smallest absolute Gasteiger partial charge is 0.0537 e. The first-order valence-corrected chi connectivity index (χ1v) is 6.48. The first kappa shape index (κ1) is 11.1. The maximum absolute atomic E-state index is 2.36. The quantitative estimate of drug-likeness (QED) is 0.584. The molecule has 3 rings (SSSR count).